The van der Waals surface area contributed by atoms with E-state index in [-0.39, 0.29) is 23.7 Å². The van der Waals surface area contributed by atoms with Crippen LogP contribution in [0.15, 0.2) is 5.38 Å². The molecule has 1 unspecified atom stereocenters. The van der Waals surface area contributed by atoms with Crippen LogP contribution < -0.4 is 5.32 Å². The van der Waals surface area contributed by atoms with Gasteiger partial charge >= 0.3 is 12.2 Å². The highest BCUT2D eigenvalue weighted by Crippen LogP contribution is 2.32. The van der Waals surface area contributed by atoms with Crippen LogP contribution in [-0.4, -0.2) is 40.2 Å². The molecule has 1 aliphatic rings. The zero-order chi connectivity index (χ0) is 16.3. The third-order valence-electron chi connectivity index (χ3n) is 3.67. The number of thiazole rings is 1. The molecule has 2 N–H and O–H groups in total. The van der Waals surface area contributed by atoms with Crippen LogP contribution in [0.5, 0.6) is 0 Å². The lowest BCUT2D eigenvalue weighted by atomic mass is 10.2. The molecule has 0 bridgehead atoms. The van der Waals surface area contributed by atoms with E-state index < -0.39 is 17.9 Å². The summed E-state index contributed by atoms with van der Waals surface area (Å²) < 4.78 is 37.8. The number of hydrogen-bond donors (Lipinski definition) is 2. The Balaban J connectivity index is 2.06. The second-order valence-corrected chi connectivity index (χ2v) is 6.04. The number of aromatic nitrogens is 1. The lowest BCUT2D eigenvalue weighted by Gasteiger charge is -2.25. The Morgan fingerprint density at radius 3 is 2.91 bits per heavy atom. The SMILES string of the molecule is CCC(NC(=O)N1CCC[C@@H]1CO)c1nc(C(F)(F)F)cs1. The van der Waals surface area contributed by atoms with Crippen molar-refractivity contribution in [3.63, 3.8) is 0 Å². The molecule has 2 atom stereocenters. The van der Waals surface area contributed by atoms with Crippen molar-refractivity contribution in [3.05, 3.63) is 16.1 Å². The topological polar surface area (TPSA) is 65.5 Å². The molecule has 1 fully saturated rings. The number of alkyl halides is 3. The van der Waals surface area contributed by atoms with Crippen LogP contribution in [0.2, 0.25) is 0 Å². The van der Waals surface area contributed by atoms with Crippen molar-refractivity contribution in [2.45, 2.75) is 44.4 Å². The quantitative estimate of drug-likeness (QED) is 0.888. The lowest BCUT2D eigenvalue weighted by molar-refractivity contribution is -0.140. The van der Waals surface area contributed by atoms with Crippen molar-refractivity contribution < 1.29 is 23.1 Å². The Morgan fingerprint density at radius 1 is 1.64 bits per heavy atom. The highest BCUT2D eigenvalue weighted by Gasteiger charge is 2.35. The molecular formula is C13H18F3N3O2S. The van der Waals surface area contributed by atoms with Crippen LogP contribution in [0, 0.1) is 0 Å². The monoisotopic (exact) mass is 337 g/mol. The predicted octanol–water partition coefficient (Wildman–Crippen LogP) is 2.78. The summed E-state index contributed by atoms with van der Waals surface area (Å²) in [5, 5.41) is 13.1. The van der Waals surface area contributed by atoms with E-state index in [1.54, 1.807) is 6.92 Å². The van der Waals surface area contributed by atoms with Crippen LogP contribution in [-0.2, 0) is 6.18 Å². The minimum absolute atomic E-state index is 0.111. The summed E-state index contributed by atoms with van der Waals surface area (Å²) in [6.45, 7) is 2.20. The van der Waals surface area contributed by atoms with E-state index in [9.17, 15) is 23.1 Å². The number of amides is 2. The van der Waals surface area contributed by atoms with Crippen molar-refractivity contribution in [2.75, 3.05) is 13.2 Å². The standard InChI is InChI=1S/C13H18F3N3O2S/c1-2-9(11-18-10(7-22-11)13(14,15)16)17-12(21)19-5-3-4-8(19)6-20/h7-9,20H,2-6H2,1H3,(H,17,21)/t8-,9?/m1/s1. The molecule has 2 amide bonds. The van der Waals surface area contributed by atoms with Gasteiger partial charge in [0.15, 0.2) is 5.69 Å². The summed E-state index contributed by atoms with van der Waals surface area (Å²) in [5.74, 6) is 0. The Labute approximate surface area is 130 Å². The minimum Gasteiger partial charge on any atom is -0.394 e. The molecule has 2 rings (SSSR count). The van der Waals surface area contributed by atoms with Gasteiger partial charge in [-0.05, 0) is 19.3 Å². The number of nitrogens with one attached hydrogen (secondary N) is 1. The summed E-state index contributed by atoms with van der Waals surface area (Å²) in [5.41, 5.74) is -0.936. The Morgan fingerprint density at radius 2 is 2.36 bits per heavy atom. The number of urea groups is 1. The molecule has 0 saturated carbocycles. The Hall–Kier alpha value is -1.35. The maximum Gasteiger partial charge on any atom is 0.434 e. The van der Waals surface area contributed by atoms with E-state index in [0.717, 1.165) is 29.6 Å². The number of carbonyl (C=O) groups is 1. The van der Waals surface area contributed by atoms with Gasteiger partial charge in [0.05, 0.1) is 18.7 Å². The number of aliphatic hydroxyl groups is 1. The van der Waals surface area contributed by atoms with Gasteiger partial charge in [-0.15, -0.1) is 11.3 Å². The van der Waals surface area contributed by atoms with Crippen LogP contribution in [0.1, 0.15) is 42.9 Å². The molecule has 0 aliphatic carbocycles. The van der Waals surface area contributed by atoms with Crippen molar-refractivity contribution in [1.82, 2.24) is 15.2 Å². The van der Waals surface area contributed by atoms with Gasteiger partial charge in [-0.3, -0.25) is 0 Å². The fourth-order valence-electron chi connectivity index (χ4n) is 2.44. The summed E-state index contributed by atoms with van der Waals surface area (Å²) in [6, 6.07) is -1.15. The van der Waals surface area contributed by atoms with Gasteiger partial charge < -0.3 is 15.3 Å². The van der Waals surface area contributed by atoms with E-state index in [0.29, 0.717) is 13.0 Å². The zero-order valence-electron chi connectivity index (χ0n) is 12.1. The molecule has 0 radical (unpaired) electrons. The Kier molecular flexibility index (Phi) is 5.28. The molecule has 124 valence electrons. The van der Waals surface area contributed by atoms with E-state index in [1.165, 1.54) is 4.90 Å². The largest absolute Gasteiger partial charge is 0.434 e. The molecule has 1 aromatic rings. The summed E-state index contributed by atoms with van der Waals surface area (Å²) in [7, 11) is 0. The van der Waals surface area contributed by atoms with Gasteiger partial charge in [-0.2, -0.15) is 13.2 Å². The average molecular weight is 337 g/mol. The summed E-state index contributed by atoms with van der Waals surface area (Å²) in [6.07, 6.45) is -2.50. The smallest absolute Gasteiger partial charge is 0.394 e. The zero-order valence-corrected chi connectivity index (χ0v) is 12.9. The molecule has 2 heterocycles. The number of likely N-dealkylation sites (tertiary alicyclic amines) is 1. The van der Waals surface area contributed by atoms with Gasteiger partial charge in [0.1, 0.15) is 5.01 Å². The highest BCUT2D eigenvalue weighted by atomic mass is 32.1. The van der Waals surface area contributed by atoms with Gasteiger partial charge in [-0.25, -0.2) is 9.78 Å². The van der Waals surface area contributed by atoms with Crippen LogP contribution >= 0.6 is 11.3 Å². The maximum absolute atomic E-state index is 12.6. The van der Waals surface area contributed by atoms with Crippen molar-refractivity contribution >= 4 is 17.4 Å². The summed E-state index contributed by atoms with van der Waals surface area (Å²) in [4.78, 5) is 17.3. The number of nitrogens with zero attached hydrogens (tertiary/aromatic N) is 2. The molecule has 0 aromatic carbocycles. The average Bonchev–Trinajstić information content (AvgIpc) is 3.11. The fourth-order valence-corrected chi connectivity index (χ4v) is 3.40. The third kappa shape index (κ3) is 3.70. The van der Waals surface area contributed by atoms with Crippen LogP contribution in [0.25, 0.3) is 0 Å². The lowest BCUT2D eigenvalue weighted by Crippen LogP contribution is -2.45. The van der Waals surface area contributed by atoms with E-state index >= 15 is 0 Å². The molecule has 1 aromatic heterocycles. The number of carbonyl (C=O) groups excluding carboxylic acids is 1. The highest BCUT2D eigenvalue weighted by molar-refractivity contribution is 7.09. The molecule has 22 heavy (non-hydrogen) atoms. The number of halogens is 3. The first-order chi connectivity index (χ1) is 10.4. The first-order valence-electron chi connectivity index (χ1n) is 7.07. The predicted molar refractivity (Wildman–Crippen MR) is 75.5 cm³/mol. The van der Waals surface area contributed by atoms with Crippen LogP contribution in [0.4, 0.5) is 18.0 Å². The van der Waals surface area contributed by atoms with Crippen molar-refractivity contribution in [1.29, 1.82) is 0 Å². The molecule has 9 heteroatoms. The van der Waals surface area contributed by atoms with E-state index in [1.807, 2.05) is 0 Å². The second kappa shape index (κ2) is 6.82. The van der Waals surface area contributed by atoms with Gasteiger partial charge in [0.25, 0.3) is 0 Å². The molecule has 0 spiro atoms. The fraction of sp³-hybridized carbons (Fsp3) is 0.692. The minimum atomic E-state index is -4.48. The molecule has 1 aliphatic heterocycles. The number of hydrogen-bond acceptors (Lipinski definition) is 4. The van der Waals surface area contributed by atoms with Gasteiger partial charge in [-0.1, -0.05) is 6.92 Å². The second-order valence-electron chi connectivity index (χ2n) is 5.15. The first kappa shape index (κ1) is 17.0. The van der Waals surface area contributed by atoms with Gasteiger partial charge in [0, 0.05) is 11.9 Å². The van der Waals surface area contributed by atoms with Crippen LogP contribution in [0.3, 0.4) is 0 Å². The molecule has 1 saturated heterocycles. The van der Waals surface area contributed by atoms with Gasteiger partial charge in [0.2, 0.25) is 0 Å². The third-order valence-corrected chi connectivity index (χ3v) is 4.62. The van der Waals surface area contributed by atoms with E-state index in [2.05, 4.69) is 10.3 Å². The number of rotatable bonds is 4. The maximum atomic E-state index is 12.6. The van der Waals surface area contributed by atoms with E-state index in [4.69, 9.17) is 0 Å². The normalized spacial score (nSPS) is 20.2. The molecular weight excluding hydrogens is 319 g/mol. The Bertz CT molecular complexity index is 521. The summed E-state index contributed by atoms with van der Waals surface area (Å²) >= 11 is 0.886. The molecule has 5 nitrogen and oxygen atoms in total. The van der Waals surface area contributed by atoms with Crippen molar-refractivity contribution in [2.24, 2.45) is 0 Å². The first-order valence-corrected chi connectivity index (χ1v) is 7.95. The number of aliphatic hydroxyl groups excluding tert-OH is 1. The van der Waals surface area contributed by atoms with Crippen molar-refractivity contribution in [3.8, 4) is 0 Å².